The number of anilines is 1. The van der Waals surface area contributed by atoms with Crippen molar-refractivity contribution in [3.63, 3.8) is 0 Å². The van der Waals surface area contributed by atoms with Crippen LogP contribution in [-0.2, 0) is 0 Å². The molecule has 0 heterocycles. The fourth-order valence-corrected chi connectivity index (χ4v) is 1.98. The van der Waals surface area contributed by atoms with Crippen molar-refractivity contribution in [3.05, 3.63) is 29.8 Å². The van der Waals surface area contributed by atoms with Crippen LogP contribution in [0.15, 0.2) is 24.3 Å². The fourth-order valence-electron chi connectivity index (χ4n) is 1.98. The topological polar surface area (TPSA) is 32.3 Å². The molecule has 1 N–H and O–H groups in total. The number of benzene rings is 1. The Bertz CT molecular complexity index is 378. The number of aryl methyl sites for hydroxylation is 1. The standard InChI is InChI=1S/C14H22N2O/c1-10(2)16(11(3)4)14(17)15-13-8-6-7-12(5)9-13/h6-11H,1-5H3,(H,15,17). The minimum absolute atomic E-state index is 0.0411. The molecule has 0 aliphatic rings. The van der Waals surface area contributed by atoms with Crippen molar-refractivity contribution in [1.82, 2.24) is 4.90 Å². The molecular formula is C14H22N2O. The summed E-state index contributed by atoms with van der Waals surface area (Å²) in [5, 5.41) is 2.93. The maximum absolute atomic E-state index is 12.1. The van der Waals surface area contributed by atoms with Gasteiger partial charge in [0.2, 0.25) is 0 Å². The summed E-state index contributed by atoms with van der Waals surface area (Å²) < 4.78 is 0. The highest BCUT2D eigenvalue weighted by Gasteiger charge is 2.19. The Morgan fingerprint density at radius 3 is 2.24 bits per heavy atom. The zero-order chi connectivity index (χ0) is 13.0. The second-order valence-corrected chi connectivity index (χ2v) is 4.89. The first-order valence-electron chi connectivity index (χ1n) is 6.07. The molecule has 1 aromatic carbocycles. The normalized spacial score (nSPS) is 10.8. The van der Waals surface area contributed by atoms with Crippen molar-refractivity contribution in [2.75, 3.05) is 5.32 Å². The molecule has 0 atom stereocenters. The zero-order valence-electron chi connectivity index (χ0n) is 11.3. The summed E-state index contributed by atoms with van der Waals surface area (Å²) in [6.07, 6.45) is 0. The first-order valence-corrected chi connectivity index (χ1v) is 6.07. The van der Waals surface area contributed by atoms with E-state index in [1.54, 1.807) is 0 Å². The van der Waals surface area contributed by atoms with E-state index in [1.807, 2.05) is 63.8 Å². The summed E-state index contributed by atoms with van der Waals surface area (Å²) in [5.41, 5.74) is 1.99. The third kappa shape index (κ3) is 3.77. The van der Waals surface area contributed by atoms with Crippen LogP contribution in [0.5, 0.6) is 0 Å². The van der Waals surface area contributed by atoms with Gasteiger partial charge < -0.3 is 10.2 Å². The number of hydrogen-bond donors (Lipinski definition) is 1. The minimum atomic E-state index is -0.0411. The van der Waals surface area contributed by atoms with E-state index < -0.39 is 0 Å². The van der Waals surface area contributed by atoms with Gasteiger partial charge in [-0.05, 0) is 52.3 Å². The van der Waals surface area contributed by atoms with Gasteiger partial charge in [-0.15, -0.1) is 0 Å². The minimum Gasteiger partial charge on any atom is -0.320 e. The summed E-state index contributed by atoms with van der Waals surface area (Å²) in [7, 11) is 0. The van der Waals surface area contributed by atoms with Crippen LogP contribution in [0.2, 0.25) is 0 Å². The molecule has 17 heavy (non-hydrogen) atoms. The summed E-state index contributed by atoms with van der Waals surface area (Å²) >= 11 is 0. The van der Waals surface area contributed by atoms with Crippen LogP contribution in [0.3, 0.4) is 0 Å². The van der Waals surface area contributed by atoms with E-state index in [-0.39, 0.29) is 18.1 Å². The highest BCUT2D eigenvalue weighted by molar-refractivity contribution is 5.89. The number of rotatable bonds is 3. The summed E-state index contributed by atoms with van der Waals surface area (Å²) in [5.74, 6) is 0. The van der Waals surface area contributed by atoms with Crippen LogP contribution in [0.25, 0.3) is 0 Å². The lowest BCUT2D eigenvalue weighted by Gasteiger charge is -2.30. The SMILES string of the molecule is Cc1cccc(NC(=O)N(C(C)C)C(C)C)c1. The Kier molecular flexibility index (Phi) is 4.55. The highest BCUT2D eigenvalue weighted by atomic mass is 16.2. The lowest BCUT2D eigenvalue weighted by Crippen LogP contribution is -2.44. The molecule has 0 aromatic heterocycles. The molecule has 0 fully saturated rings. The Hall–Kier alpha value is -1.51. The summed E-state index contributed by atoms with van der Waals surface area (Å²) in [4.78, 5) is 14.0. The molecule has 94 valence electrons. The molecule has 0 aliphatic carbocycles. The van der Waals surface area contributed by atoms with Crippen molar-refractivity contribution in [2.45, 2.75) is 46.7 Å². The molecule has 0 unspecified atom stereocenters. The Morgan fingerprint density at radius 2 is 1.76 bits per heavy atom. The summed E-state index contributed by atoms with van der Waals surface area (Å²) in [6.45, 7) is 10.1. The number of amides is 2. The van der Waals surface area contributed by atoms with Crippen molar-refractivity contribution >= 4 is 11.7 Å². The van der Waals surface area contributed by atoms with Gasteiger partial charge in [0.15, 0.2) is 0 Å². The molecule has 0 aliphatic heterocycles. The van der Waals surface area contributed by atoms with Gasteiger partial charge in [-0.2, -0.15) is 0 Å². The number of urea groups is 1. The van der Waals surface area contributed by atoms with Crippen LogP contribution >= 0.6 is 0 Å². The van der Waals surface area contributed by atoms with Gasteiger partial charge in [0, 0.05) is 17.8 Å². The second kappa shape index (κ2) is 5.71. The van der Waals surface area contributed by atoms with Crippen LogP contribution < -0.4 is 5.32 Å². The molecule has 2 amide bonds. The van der Waals surface area contributed by atoms with E-state index in [9.17, 15) is 4.79 Å². The number of carbonyl (C=O) groups excluding carboxylic acids is 1. The molecule has 3 heteroatoms. The van der Waals surface area contributed by atoms with E-state index >= 15 is 0 Å². The molecule has 1 aromatic rings. The van der Waals surface area contributed by atoms with Crippen molar-refractivity contribution < 1.29 is 4.79 Å². The lowest BCUT2D eigenvalue weighted by atomic mass is 10.2. The Labute approximate surface area is 104 Å². The van der Waals surface area contributed by atoms with E-state index in [4.69, 9.17) is 0 Å². The Morgan fingerprint density at radius 1 is 1.18 bits per heavy atom. The van der Waals surface area contributed by atoms with Gasteiger partial charge in [-0.3, -0.25) is 0 Å². The van der Waals surface area contributed by atoms with E-state index in [1.165, 1.54) is 0 Å². The van der Waals surface area contributed by atoms with Gasteiger partial charge in [0.1, 0.15) is 0 Å². The fraction of sp³-hybridized carbons (Fsp3) is 0.500. The number of hydrogen-bond acceptors (Lipinski definition) is 1. The quantitative estimate of drug-likeness (QED) is 0.850. The number of nitrogens with zero attached hydrogens (tertiary/aromatic N) is 1. The van der Waals surface area contributed by atoms with Gasteiger partial charge >= 0.3 is 6.03 Å². The first kappa shape index (κ1) is 13.6. The second-order valence-electron chi connectivity index (χ2n) is 4.89. The van der Waals surface area contributed by atoms with Crippen LogP contribution in [0.4, 0.5) is 10.5 Å². The molecule has 0 spiro atoms. The van der Waals surface area contributed by atoms with E-state index in [2.05, 4.69) is 5.32 Å². The van der Waals surface area contributed by atoms with Crippen LogP contribution in [-0.4, -0.2) is 23.0 Å². The first-order chi connectivity index (χ1) is 7.91. The predicted octanol–water partition coefficient (Wildman–Crippen LogP) is 3.65. The predicted molar refractivity (Wildman–Crippen MR) is 72.3 cm³/mol. The highest BCUT2D eigenvalue weighted by Crippen LogP contribution is 2.13. The molecule has 0 bridgehead atoms. The largest absolute Gasteiger partial charge is 0.322 e. The van der Waals surface area contributed by atoms with Gasteiger partial charge in [0.25, 0.3) is 0 Å². The third-order valence-corrected chi connectivity index (χ3v) is 2.62. The molecule has 1 rings (SSSR count). The van der Waals surface area contributed by atoms with Crippen molar-refractivity contribution in [2.24, 2.45) is 0 Å². The monoisotopic (exact) mass is 234 g/mol. The van der Waals surface area contributed by atoms with Crippen molar-refractivity contribution in [1.29, 1.82) is 0 Å². The van der Waals surface area contributed by atoms with E-state index in [0.29, 0.717) is 0 Å². The van der Waals surface area contributed by atoms with Crippen molar-refractivity contribution in [3.8, 4) is 0 Å². The number of nitrogens with one attached hydrogen (secondary N) is 1. The van der Waals surface area contributed by atoms with Gasteiger partial charge in [0.05, 0.1) is 0 Å². The molecule has 0 radical (unpaired) electrons. The van der Waals surface area contributed by atoms with Gasteiger partial charge in [-0.1, -0.05) is 12.1 Å². The summed E-state index contributed by atoms with van der Waals surface area (Å²) in [6, 6.07) is 8.18. The maximum Gasteiger partial charge on any atom is 0.322 e. The van der Waals surface area contributed by atoms with Crippen LogP contribution in [0, 0.1) is 6.92 Å². The Balaban J connectivity index is 2.77. The molecule has 0 saturated heterocycles. The average Bonchev–Trinajstić information content (AvgIpc) is 2.15. The molecule has 0 saturated carbocycles. The van der Waals surface area contributed by atoms with Crippen LogP contribution in [0.1, 0.15) is 33.3 Å². The average molecular weight is 234 g/mol. The number of carbonyl (C=O) groups is 1. The lowest BCUT2D eigenvalue weighted by molar-refractivity contribution is 0.178. The smallest absolute Gasteiger partial charge is 0.320 e. The maximum atomic E-state index is 12.1. The van der Waals surface area contributed by atoms with E-state index in [0.717, 1.165) is 11.3 Å². The van der Waals surface area contributed by atoms with Gasteiger partial charge in [-0.25, -0.2) is 4.79 Å². The molecular weight excluding hydrogens is 212 g/mol. The zero-order valence-corrected chi connectivity index (χ0v) is 11.3. The molecule has 3 nitrogen and oxygen atoms in total. The third-order valence-electron chi connectivity index (χ3n) is 2.62.